The van der Waals surface area contributed by atoms with Crippen molar-refractivity contribution in [1.82, 2.24) is 0 Å². The summed E-state index contributed by atoms with van der Waals surface area (Å²) in [7, 11) is -5.06. The number of amides is 1. The molecule has 2 N–H and O–H groups in total. The molecule has 0 saturated heterocycles. The molecule has 0 fully saturated rings. The molecule has 0 aromatic rings. The number of nitrogens with zero attached hydrogens (tertiary/aromatic N) is 1. The van der Waals surface area contributed by atoms with Crippen molar-refractivity contribution in [2.75, 3.05) is 12.8 Å². The molecule has 0 aliphatic rings. The molecule has 0 rings (SSSR count). The van der Waals surface area contributed by atoms with Crippen molar-refractivity contribution in [2.45, 2.75) is 6.18 Å². The molecule has 0 radical (unpaired) electrons. The highest BCUT2D eigenvalue weighted by atomic mass is 35.5. The van der Waals surface area contributed by atoms with Crippen LogP contribution in [0.5, 0.6) is 0 Å². The van der Waals surface area contributed by atoms with Crippen LogP contribution in [0.15, 0.2) is 0 Å². The normalized spacial score (nSPS) is 16.4. The van der Waals surface area contributed by atoms with Gasteiger partial charge in [-0.1, -0.05) is 0 Å². The topological polar surface area (TPSA) is 91.7 Å². The van der Waals surface area contributed by atoms with Gasteiger partial charge in [-0.3, -0.25) is 9.36 Å². The summed E-state index contributed by atoms with van der Waals surface area (Å²) >= 11 is 9.90. The minimum Gasteiger partial charge on any atom is -0.320 e. The van der Waals surface area contributed by atoms with E-state index in [-0.39, 0.29) is 0 Å². The standard InChI is InChI=1S/C5H5Cl2F3NO5P/c6-3(12)1-11(7,2-17(14,15)16)4(13)5(8,9)10/h1-2H2,(H-,14,15,16)/p+1. The molecule has 1 atom stereocenters. The van der Waals surface area contributed by atoms with Crippen LogP contribution in [0, 0.1) is 0 Å². The lowest BCUT2D eigenvalue weighted by Crippen LogP contribution is -2.53. The average Bonchev–Trinajstić information content (AvgIpc) is 1.95. The number of quaternary nitrogens is 1. The lowest BCUT2D eigenvalue weighted by Gasteiger charge is -2.25. The van der Waals surface area contributed by atoms with Gasteiger partial charge in [-0.2, -0.15) is 13.2 Å². The number of rotatable bonds is 4. The summed E-state index contributed by atoms with van der Waals surface area (Å²) in [5, 5.41) is -1.44. The molecule has 0 aromatic carbocycles. The molecular formula is C5H6Cl2F3NO5P+. The fraction of sp³-hybridized carbons (Fsp3) is 0.600. The van der Waals surface area contributed by atoms with E-state index in [1.165, 1.54) is 0 Å². The molecule has 0 aliphatic heterocycles. The fourth-order valence-corrected chi connectivity index (χ4v) is 2.60. The summed E-state index contributed by atoms with van der Waals surface area (Å²) in [6.45, 7) is -1.40. The summed E-state index contributed by atoms with van der Waals surface area (Å²) < 4.78 is 44.6. The van der Waals surface area contributed by atoms with E-state index in [0.717, 1.165) is 0 Å². The molecule has 0 saturated carbocycles. The van der Waals surface area contributed by atoms with Crippen molar-refractivity contribution in [1.29, 1.82) is 0 Å². The zero-order chi connectivity index (χ0) is 14.1. The van der Waals surface area contributed by atoms with Gasteiger partial charge in [-0.15, -0.1) is 4.00 Å². The van der Waals surface area contributed by atoms with Gasteiger partial charge in [-0.05, 0) is 11.6 Å². The van der Waals surface area contributed by atoms with Gasteiger partial charge < -0.3 is 9.79 Å². The summed E-state index contributed by atoms with van der Waals surface area (Å²) in [6.07, 6.45) is -7.14. The second kappa shape index (κ2) is 5.21. The minimum absolute atomic E-state index is 1.40. The van der Waals surface area contributed by atoms with Gasteiger partial charge in [0.25, 0.3) is 5.24 Å². The van der Waals surface area contributed by atoms with Crippen LogP contribution in [-0.4, -0.2) is 43.9 Å². The smallest absolute Gasteiger partial charge is 0.320 e. The van der Waals surface area contributed by atoms with Crippen molar-refractivity contribution in [3.63, 3.8) is 0 Å². The van der Waals surface area contributed by atoms with Crippen LogP contribution in [0.2, 0.25) is 0 Å². The second-order valence-corrected chi connectivity index (χ2v) is 5.67. The number of hydrogen-bond acceptors (Lipinski definition) is 3. The third-order valence-electron chi connectivity index (χ3n) is 1.39. The Balaban J connectivity index is 5.32. The SMILES string of the molecule is O=C(Cl)C[N+](Cl)(CP(=O)(O)O)C(=O)C(F)(F)F. The Bertz CT molecular complexity index is 382. The first-order chi connectivity index (χ1) is 7.28. The van der Waals surface area contributed by atoms with Crippen LogP contribution < -0.4 is 0 Å². The van der Waals surface area contributed by atoms with Gasteiger partial charge in [0.05, 0.1) is 0 Å². The highest BCUT2D eigenvalue weighted by Gasteiger charge is 2.58. The van der Waals surface area contributed by atoms with E-state index in [1.807, 2.05) is 0 Å². The number of hydrogen-bond donors (Lipinski definition) is 2. The number of carbonyl (C=O) groups is 2. The maximum absolute atomic E-state index is 12.1. The zero-order valence-corrected chi connectivity index (χ0v) is 10.2. The van der Waals surface area contributed by atoms with E-state index in [0.29, 0.717) is 0 Å². The number of carbonyl (C=O) groups excluding carboxylic acids is 2. The van der Waals surface area contributed by atoms with E-state index in [1.54, 1.807) is 0 Å². The predicted octanol–water partition coefficient (Wildman–Crippen LogP) is 0.946. The summed E-state index contributed by atoms with van der Waals surface area (Å²) in [6, 6.07) is 0. The molecule has 1 amide bonds. The lowest BCUT2D eigenvalue weighted by molar-refractivity contribution is -0.722. The molecular weight excluding hydrogens is 313 g/mol. The van der Waals surface area contributed by atoms with Crippen LogP contribution in [0.25, 0.3) is 0 Å². The lowest BCUT2D eigenvalue weighted by atomic mass is 10.5. The number of alkyl halides is 3. The Kier molecular flexibility index (Phi) is 5.16. The van der Waals surface area contributed by atoms with Crippen molar-refractivity contribution in [2.24, 2.45) is 0 Å². The molecule has 0 bridgehead atoms. The average molecular weight is 319 g/mol. The van der Waals surface area contributed by atoms with Crippen LogP contribution in [0.1, 0.15) is 0 Å². The molecule has 0 spiro atoms. The van der Waals surface area contributed by atoms with Crippen LogP contribution in [0.3, 0.4) is 0 Å². The third-order valence-corrected chi connectivity index (χ3v) is 2.92. The summed E-state index contributed by atoms with van der Waals surface area (Å²) in [5.74, 6) is -2.68. The van der Waals surface area contributed by atoms with E-state index in [2.05, 4.69) is 0 Å². The Morgan fingerprint density at radius 3 is 1.94 bits per heavy atom. The largest absolute Gasteiger partial charge is 0.511 e. The van der Waals surface area contributed by atoms with Gasteiger partial charge in [-0.25, -0.2) is 4.79 Å². The van der Waals surface area contributed by atoms with Crippen molar-refractivity contribution >= 4 is 42.1 Å². The first-order valence-corrected chi connectivity index (χ1v) is 6.21. The fourth-order valence-electron chi connectivity index (χ4n) is 0.902. The van der Waals surface area contributed by atoms with Crippen molar-refractivity contribution < 1.29 is 41.1 Å². The molecule has 100 valence electrons. The highest BCUT2D eigenvalue weighted by Crippen LogP contribution is 2.41. The monoisotopic (exact) mass is 318 g/mol. The van der Waals surface area contributed by atoms with Gasteiger partial charge in [0.15, 0.2) is 18.3 Å². The van der Waals surface area contributed by atoms with Crippen molar-refractivity contribution in [3.8, 4) is 0 Å². The van der Waals surface area contributed by atoms with E-state index in [4.69, 9.17) is 33.2 Å². The van der Waals surface area contributed by atoms with Crippen LogP contribution in [0.4, 0.5) is 13.2 Å². The molecule has 0 aliphatic carbocycles. The van der Waals surface area contributed by atoms with Gasteiger partial charge in [0, 0.05) is 0 Å². The number of halogens is 5. The van der Waals surface area contributed by atoms with Crippen LogP contribution >= 0.6 is 31.0 Å². The molecule has 0 aromatic heterocycles. The molecule has 0 heterocycles. The summed E-state index contributed by atoms with van der Waals surface area (Å²) in [5.41, 5.74) is 0. The molecule has 17 heavy (non-hydrogen) atoms. The van der Waals surface area contributed by atoms with Gasteiger partial charge >= 0.3 is 19.7 Å². The molecule has 6 nitrogen and oxygen atoms in total. The predicted molar refractivity (Wildman–Crippen MR) is 49.8 cm³/mol. The minimum atomic E-state index is -5.46. The van der Waals surface area contributed by atoms with Gasteiger partial charge in [0.1, 0.15) is 0 Å². The van der Waals surface area contributed by atoms with Gasteiger partial charge in [0.2, 0.25) is 6.29 Å². The quantitative estimate of drug-likeness (QED) is 0.457. The third kappa shape index (κ3) is 5.80. The van der Waals surface area contributed by atoms with Crippen LogP contribution in [-0.2, 0) is 14.2 Å². The van der Waals surface area contributed by atoms with E-state index in [9.17, 15) is 27.3 Å². The maximum Gasteiger partial charge on any atom is 0.511 e. The second-order valence-electron chi connectivity index (χ2n) is 2.99. The van der Waals surface area contributed by atoms with Crippen molar-refractivity contribution in [3.05, 3.63) is 0 Å². The van der Waals surface area contributed by atoms with E-state index >= 15 is 0 Å². The van der Waals surface area contributed by atoms with E-state index < -0.39 is 41.8 Å². The Hall–Kier alpha value is -0.180. The summed E-state index contributed by atoms with van der Waals surface area (Å²) in [4.78, 5) is 38.4. The Morgan fingerprint density at radius 2 is 1.71 bits per heavy atom. The Labute approximate surface area is 103 Å². The first-order valence-electron chi connectivity index (χ1n) is 3.69. The molecule has 12 heteroatoms. The first kappa shape index (κ1) is 16.8. The Morgan fingerprint density at radius 1 is 1.29 bits per heavy atom. The maximum atomic E-state index is 12.1. The molecule has 1 unspecified atom stereocenters. The zero-order valence-electron chi connectivity index (χ0n) is 7.82. The highest BCUT2D eigenvalue weighted by molar-refractivity contribution is 7.51.